The van der Waals surface area contributed by atoms with Crippen LogP contribution in [0.1, 0.15) is 27.2 Å². The molecule has 0 radical (unpaired) electrons. The molecule has 78 valence electrons. The molecule has 1 aliphatic rings. The number of ether oxygens (including phenoxy) is 2. The van der Waals surface area contributed by atoms with E-state index < -0.39 is 0 Å². The lowest BCUT2D eigenvalue weighted by Gasteiger charge is -2.02. The maximum atomic E-state index is 9.70. The Hall–Kier alpha value is -0.570. The van der Waals surface area contributed by atoms with E-state index in [0.29, 0.717) is 19.0 Å². The lowest BCUT2D eigenvalue weighted by molar-refractivity contribution is -0.129. The minimum Gasteiger partial charge on any atom is -0.468 e. The second kappa shape index (κ2) is 8.05. The number of hydrogen-bond donors (Lipinski definition) is 0. The zero-order valence-electron chi connectivity index (χ0n) is 8.79. The van der Waals surface area contributed by atoms with Gasteiger partial charge in [0.05, 0.1) is 13.2 Å². The van der Waals surface area contributed by atoms with Crippen LogP contribution in [-0.2, 0) is 14.3 Å². The standard InChI is InChI=1S/C6H10O3.C4H10/c7-5-9-4-6-1-2-8-3-6;1-4(2)3/h5-6H,1-4H2;4H,1-3H3/t6-;/m0./s1. The Morgan fingerprint density at radius 2 is 2.15 bits per heavy atom. The summed E-state index contributed by atoms with van der Waals surface area (Å²) in [7, 11) is 0. The predicted molar refractivity (Wildman–Crippen MR) is 51.5 cm³/mol. The summed E-state index contributed by atoms with van der Waals surface area (Å²) < 4.78 is 9.62. The van der Waals surface area contributed by atoms with E-state index in [4.69, 9.17) is 4.74 Å². The van der Waals surface area contributed by atoms with Crippen LogP contribution in [0.4, 0.5) is 0 Å². The summed E-state index contributed by atoms with van der Waals surface area (Å²) in [5, 5.41) is 0. The van der Waals surface area contributed by atoms with Gasteiger partial charge in [0.15, 0.2) is 0 Å². The van der Waals surface area contributed by atoms with Crippen molar-refractivity contribution in [3.63, 3.8) is 0 Å². The molecule has 13 heavy (non-hydrogen) atoms. The number of carbonyl (C=O) groups is 1. The van der Waals surface area contributed by atoms with Gasteiger partial charge in [-0.3, -0.25) is 4.79 Å². The molecule has 0 saturated carbocycles. The van der Waals surface area contributed by atoms with Gasteiger partial charge in [-0.15, -0.1) is 0 Å². The van der Waals surface area contributed by atoms with Crippen molar-refractivity contribution in [3.8, 4) is 0 Å². The highest BCUT2D eigenvalue weighted by Crippen LogP contribution is 2.11. The molecule has 0 unspecified atom stereocenters. The smallest absolute Gasteiger partial charge is 0.293 e. The van der Waals surface area contributed by atoms with E-state index in [9.17, 15) is 4.79 Å². The minimum absolute atomic E-state index is 0.440. The fourth-order valence-corrected chi connectivity index (χ4v) is 0.890. The topological polar surface area (TPSA) is 35.5 Å². The molecule has 0 aromatic heterocycles. The summed E-state index contributed by atoms with van der Waals surface area (Å²) in [4.78, 5) is 9.70. The van der Waals surface area contributed by atoms with Crippen LogP contribution in [0.3, 0.4) is 0 Å². The van der Waals surface area contributed by atoms with Gasteiger partial charge in [-0.05, 0) is 12.3 Å². The lowest BCUT2D eigenvalue weighted by atomic mass is 10.1. The fourth-order valence-electron chi connectivity index (χ4n) is 0.890. The van der Waals surface area contributed by atoms with E-state index in [-0.39, 0.29) is 0 Å². The van der Waals surface area contributed by atoms with Crippen LogP contribution in [0, 0.1) is 11.8 Å². The molecule has 1 fully saturated rings. The molecule has 1 rings (SSSR count). The van der Waals surface area contributed by atoms with E-state index >= 15 is 0 Å². The number of carbonyl (C=O) groups excluding carboxylic acids is 1. The molecule has 1 aliphatic heterocycles. The first kappa shape index (κ1) is 12.4. The Kier molecular flexibility index (Phi) is 7.69. The molecule has 0 amide bonds. The van der Waals surface area contributed by atoms with Gasteiger partial charge < -0.3 is 9.47 Å². The van der Waals surface area contributed by atoms with Gasteiger partial charge in [0.1, 0.15) is 0 Å². The average molecular weight is 188 g/mol. The Morgan fingerprint density at radius 1 is 1.54 bits per heavy atom. The average Bonchev–Trinajstić information content (AvgIpc) is 2.51. The van der Waals surface area contributed by atoms with Gasteiger partial charge in [-0.25, -0.2) is 0 Å². The molecule has 1 saturated heterocycles. The summed E-state index contributed by atoms with van der Waals surface area (Å²) in [5.74, 6) is 1.27. The van der Waals surface area contributed by atoms with Gasteiger partial charge >= 0.3 is 0 Å². The molecule has 0 aromatic rings. The van der Waals surface area contributed by atoms with Crippen molar-refractivity contribution >= 4 is 6.47 Å². The van der Waals surface area contributed by atoms with Crippen LogP contribution in [0.2, 0.25) is 0 Å². The van der Waals surface area contributed by atoms with Crippen molar-refractivity contribution in [2.45, 2.75) is 27.2 Å². The molecular weight excluding hydrogens is 168 g/mol. The van der Waals surface area contributed by atoms with Crippen molar-refractivity contribution in [3.05, 3.63) is 0 Å². The number of rotatable bonds is 3. The van der Waals surface area contributed by atoms with Gasteiger partial charge in [0, 0.05) is 12.5 Å². The van der Waals surface area contributed by atoms with Crippen LogP contribution >= 0.6 is 0 Å². The van der Waals surface area contributed by atoms with E-state index in [1.165, 1.54) is 0 Å². The second-order valence-corrected chi connectivity index (χ2v) is 3.89. The molecule has 0 aliphatic carbocycles. The number of hydrogen-bond acceptors (Lipinski definition) is 3. The Morgan fingerprint density at radius 3 is 2.54 bits per heavy atom. The molecule has 3 heteroatoms. The van der Waals surface area contributed by atoms with Crippen molar-refractivity contribution in [1.29, 1.82) is 0 Å². The van der Waals surface area contributed by atoms with Crippen LogP contribution in [0.5, 0.6) is 0 Å². The summed E-state index contributed by atoms with van der Waals surface area (Å²) in [5.41, 5.74) is 0. The van der Waals surface area contributed by atoms with Crippen molar-refractivity contribution < 1.29 is 14.3 Å². The normalized spacial score (nSPS) is 20.8. The Bertz CT molecular complexity index is 115. The maximum absolute atomic E-state index is 9.70. The molecule has 0 N–H and O–H groups in total. The Balaban J connectivity index is 0.000000310. The van der Waals surface area contributed by atoms with E-state index in [2.05, 4.69) is 25.5 Å². The minimum atomic E-state index is 0.440. The van der Waals surface area contributed by atoms with Crippen LogP contribution in [-0.4, -0.2) is 26.3 Å². The molecule has 3 nitrogen and oxygen atoms in total. The van der Waals surface area contributed by atoms with E-state index in [0.717, 1.165) is 25.6 Å². The zero-order chi connectivity index (χ0) is 10.1. The van der Waals surface area contributed by atoms with Crippen molar-refractivity contribution in [2.24, 2.45) is 11.8 Å². The molecule has 0 aromatic carbocycles. The van der Waals surface area contributed by atoms with Gasteiger partial charge in [-0.2, -0.15) is 0 Å². The first-order chi connectivity index (χ1) is 6.16. The SMILES string of the molecule is CC(C)C.O=COC[C@H]1CCOC1. The largest absolute Gasteiger partial charge is 0.468 e. The lowest BCUT2D eigenvalue weighted by Crippen LogP contribution is -2.07. The summed E-state index contributed by atoms with van der Waals surface area (Å²) in [6.45, 7) is 9.06. The monoisotopic (exact) mass is 188 g/mol. The third kappa shape index (κ3) is 9.34. The summed E-state index contributed by atoms with van der Waals surface area (Å²) in [6, 6.07) is 0. The highest BCUT2D eigenvalue weighted by atomic mass is 16.5. The first-order valence-electron chi connectivity index (χ1n) is 4.79. The quantitative estimate of drug-likeness (QED) is 0.634. The third-order valence-electron chi connectivity index (χ3n) is 1.42. The highest BCUT2D eigenvalue weighted by Gasteiger charge is 2.15. The van der Waals surface area contributed by atoms with Gasteiger partial charge in [0.25, 0.3) is 6.47 Å². The van der Waals surface area contributed by atoms with Gasteiger partial charge in [-0.1, -0.05) is 20.8 Å². The summed E-state index contributed by atoms with van der Waals surface area (Å²) in [6.07, 6.45) is 1.02. The zero-order valence-corrected chi connectivity index (χ0v) is 8.79. The predicted octanol–water partition coefficient (Wildman–Crippen LogP) is 1.86. The van der Waals surface area contributed by atoms with Crippen molar-refractivity contribution in [1.82, 2.24) is 0 Å². The first-order valence-corrected chi connectivity index (χ1v) is 4.79. The van der Waals surface area contributed by atoms with Gasteiger partial charge in [0.2, 0.25) is 0 Å². The van der Waals surface area contributed by atoms with E-state index in [1.54, 1.807) is 0 Å². The van der Waals surface area contributed by atoms with Crippen LogP contribution < -0.4 is 0 Å². The second-order valence-electron chi connectivity index (χ2n) is 3.89. The fraction of sp³-hybridized carbons (Fsp3) is 0.900. The molecule has 1 atom stereocenters. The van der Waals surface area contributed by atoms with Crippen LogP contribution in [0.15, 0.2) is 0 Å². The Labute approximate surface area is 80.4 Å². The van der Waals surface area contributed by atoms with Crippen molar-refractivity contribution in [2.75, 3.05) is 19.8 Å². The van der Waals surface area contributed by atoms with E-state index in [1.807, 2.05) is 0 Å². The molecule has 1 heterocycles. The highest BCUT2D eigenvalue weighted by molar-refractivity contribution is 5.36. The maximum Gasteiger partial charge on any atom is 0.293 e. The molecule has 0 bridgehead atoms. The molecule has 0 spiro atoms. The summed E-state index contributed by atoms with van der Waals surface area (Å²) >= 11 is 0. The van der Waals surface area contributed by atoms with Crippen LogP contribution in [0.25, 0.3) is 0 Å². The third-order valence-corrected chi connectivity index (χ3v) is 1.42. The molecular formula is C10H20O3.